The van der Waals surface area contributed by atoms with Crippen LogP contribution in [0.2, 0.25) is 5.02 Å². The molecule has 1 heterocycles. The quantitative estimate of drug-likeness (QED) is 0.862. The predicted octanol–water partition coefficient (Wildman–Crippen LogP) is 2.82. The van der Waals surface area contributed by atoms with Gasteiger partial charge in [0.15, 0.2) is 6.33 Å². The van der Waals surface area contributed by atoms with Crippen molar-refractivity contribution in [2.75, 3.05) is 6.54 Å². The molecule has 1 aromatic heterocycles. The summed E-state index contributed by atoms with van der Waals surface area (Å²) in [5.74, 6) is 0.645. The molecule has 0 saturated heterocycles. The second-order valence-electron chi connectivity index (χ2n) is 3.51. The van der Waals surface area contributed by atoms with Gasteiger partial charge in [-0.15, -0.1) is 0 Å². The van der Waals surface area contributed by atoms with Crippen molar-refractivity contribution in [3.05, 3.63) is 45.5 Å². The molecule has 4 nitrogen and oxygen atoms in total. The Morgan fingerprint density at radius 1 is 1.41 bits per heavy atom. The van der Waals surface area contributed by atoms with E-state index in [-0.39, 0.29) is 0 Å². The summed E-state index contributed by atoms with van der Waals surface area (Å²) in [4.78, 5) is 3.94. The Balaban J connectivity index is 1.76. The maximum Gasteiger partial charge on any atom is 0.227 e. The average molecular weight is 317 g/mol. The van der Waals surface area contributed by atoms with E-state index in [2.05, 4.69) is 31.4 Å². The van der Waals surface area contributed by atoms with Crippen molar-refractivity contribution < 1.29 is 4.52 Å². The molecule has 0 radical (unpaired) electrons. The third kappa shape index (κ3) is 3.80. The molecule has 17 heavy (non-hydrogen) atoms. The summed E-state index contributed by atoms with van der Waals surface area (Å²) in [5, 5.41) is 7.55. The lowest BCUT2D eigenvalue weighted by molar-refractivity contribution is 0.375. The second kappa shape index (κ2) is 6.14. The number of halogens is 2. The van der Waals surface area contributed by atoms with E-state index >= 15 is 0 Å². The van der Waals surface area contributed by atoms with Gasteiger partial charge in [0, 0.05) is 24.0 Å². The molecule has 1 aromatic carbocycles. The number of benzene rings is 1. The topological polar surface area (TPSA) is 51.0 Å². The van der Waals surface area contributed by atoms with Crippen LogP contribution in [-0.2, 0) is 13.0 Å². The molecule has 1 N–H and O–H groups in total. The first-order chi connectivity index (χ1) is 8.25. The molecule has 0 amide bonds. The van der Waals surface area contributed by atoms with Crippen molar-refractivity contribution in [1.82, 2.24) is 15.5 Å². The lowest BCUT2D eigenvalue weighted by Crippen LogP contribution is -2.16. The standard InChI is InChI=1S/C11H11BrClN3O/c12-9-2-1-8(5-10(9)13)6-14-4-3-11-15-7-16-17-11/h1-2,5,7,14H,3-4,6H2. The van der Waals surface area contributed by atoms with Crippen molar-refractivity contribution >= 4 is 27.5 Å². The fourth-order valence-corrected chi connectivity index (χ4v) is 1.83. The van der Waals surface area contributed by atoms with Crippen molar-refractivity contribution in [2.45, 2.75) is 13.0 Å². The second-order valence-corrected chi connectivity index (χ2v) is 4.77. The molecule has 0 aliphatic rings. The Morgan fingerprint density at radius 2 is 2.29 bits per heavy atom. The highest BCUT2D eigenvalue weighted by molar-refractivity contribution is 9.10. The number of aromatic nitrogens is 2. The Morgan fingerprint density at radius 3 is 3.00 bits per heavy atom. The van der Waals surface area contributed by atoms with Gasteiger partial charge in [-0.3, -0.25) is 0 Å². The van der Waals surface area contributed by atoms with Crippen LogP contribution in [0.25, 0.3) is 0 Å². The highest BCUT2D eigenvalue weighted by atomic mass is 79.9. The molecule has 0 spiro atoms. The largest absolute Gasteiger partial charge is 0.340 e. The monoisotopic (exact) mass is 315 g/mol. The molecule has 0 aliphatic heterocycles. The van der Waals surface area contributed by atoms with E-state index in [0.29, 0.717) is 5.89 Å². The first kappa shape index (κ1) is 12.5. The van der Waals surface area contributed by atoms with E-state index in [1.54, 1.807) is 0 Å². The number of hydrogen-bond donors (Lipinski definition) is 1. The van der Waals surface area contributed by atoms with E-state index in [1.807, 2.05) is 18.2 Å². The van der Waals surface area contributed by atoms with Crippen LogP contribution in [0.15, 0.2) is 33.5 Å². The van der Waals surface area contributed by atoms with Crippen LogP contribution < -0.4 is 5.32 Å². The van der Waals surface area contributed by atoms with Gasteiger partial charge in [0.1, 0.15) is 0 Å². The summed E-state index contributed by atoms with van der Waals surface area (Å²) in [6.07, 6.45) is 2.13. The zero-order valence-corrected chi connectivity index (χ0v) is 11.3. The van der Waals surface area contributed by atoms with Gasteiger partial charge in [-0.1, -0.05) is 22.8 Å². The molecule has 0 aliphatic carbocycles. The van der Waals surface area contributed by atoms with Gasteiger partial charge in [-0.05, 0) is 33.6 Å². The van der Waals surface area contributed by atoms with E-state index in [9.17, 15) is 0 Å². The highest BCUT2D eigenvalue weighted by Crippen LogP contribution is 2.22. The van der Waals surface area contributed by atoms with E-state index in [4.69, 9.17) is 16.1 Å². The van der Waals surface area contributed by atoms with E-state index < -0.39 is 0 Å². The summed E-state index contributed by atoms with van der Waals surface area (Å²) in [5.41, 5.74) is 1.14. The third-order valence-electron chi connectivity index (χ3n) is 2.24. The fraction of sp³-hybridized carbons (Fsp3) is 0.273. The first-order valence-electron chi connectivity index (χ1n) is 5.16. The van der Waals surface area contributed by atoms with Crippen LogP contribution in [0.4, 0.5) is 0 Å². The van der Waals surface area contributed by atoms with Crippen molar-refractivity contribution in [3.8, 4) is 0 Å². The van der Waals surface area contributed by atoms with Crippen LogP contribution >= 0.6 is 27.5 Å². The smallest absolute Gasteiger partial charge is 0.227 e. The zero-order valence-electron chi connectivity index (χ0n) is 8.99. The molecular weight excluding hydrogens is 305 g/mol. The Bertz CT molecular complexity index is 476. The number of nitrogens with zero attached hydrogens (tertiary/aromatic N) is 2. The maximum atomic E-state index is 6.00. The minimum atomic E-state index is 0.645. The summed E-state index contributed by atoms with van der Waals surface area (Å²) < 4.78 is 5.80. The molecule has 0 atom stereocenters. The molecule has 90 valence electrons. The highest BCUT2D eigenvalue weighted by Gasteiger charge is 2.00. The van der Waals surface area contributed by atoms with Crippen LogP contribution in [0, 0.1) is 0 Å². The van der Waals surface area contributed by atoms with Gasteiger partial charge in [0.2, 0.25) is 5.89 Å². The molecule has 2 rings (SSSR count). The minimum Gasteiger partial charge on any atom is -0.340 e. The zero-order chi connectivity index (χ0) is 12.1. The van der Waals surface area contributed by atoms with Crippen molar-refractivity contribution in [1.29, 1.82) is 0 Å². The number of hydrogen-bond acceptors (Lipinski definition) is 4. The SMILES string of the molecule is Clc1cc(CNCCc2ncno2)ccc1Br. The average Bonchev–Trinajstić information content (AvgIpc) is 2.82. The first-order valence-corrected chi connectivity index (χ1v) is 6.33. The lowest BCUT2D eigenvalue weighted by atomic mass is 10.2. The van der Waals surface area contributed by atoms with Crippen LogP contribution in [-0.4, -0.2) is 16.7 Å². The van der Waals surface area contributed by atoms with E-state index in [1.165, 1.54) is 6.33 Å². The van der Waals surface area contributed by atoms with Crippen LogP contribution in [0.1, 0.15) is 11.5 Å². The predicted molar refractivity (Wildman–Crippen MR) is 68.9 cm³/mol. The lowest BCUT2D eigenvalue weighted by Gasteiger charge is -2.04. The van der Waals surface area contributed by atoms with E-state index in [0.717, 1.165) is 34.6 Å². The van der Waals surface area contributed by atoms with Crippen LogP contribution in [0.5, 0.6) is 0 Å². The van der Waals surface area contributed by atoms with Gasteiger partial charge in [0.25, 0.3) is 0 Å². The van der Waals surface area contributed by atoms with Gasteiger partial charge in [-0.2, -0.15) is 4.98 Å². The normalized spacial score (nSPS) is 10.7. The molecule has 0 saturated carbocycles. The summed E-state index contributed by atoms with van der Waals surface area (Å²) >= 11 is 9.36. The van der Waals surface area contributed by atoms with Gasteiger partial charge in [0.05, 0.1) is 5.02 Å². The van der Waals surface area contributed by atoms with Gasteiger partial charge in [-0.25, -0.2) is 0 Å². The summed E-state index contributed by atoms with van der Waals surface area (Å²) in [6, 6.07) is 5.90. The minimum absolute atomic E-state index is 0.645. The molecule has 0 bridgehead atoms. The summed E-state index contributed by atoms with van der Waals surface area (Å²) in [7, 11) is 0. The fourth-order valence-electron chi connectivity index (χ4n) is 1.38. The molecule has 2 aromatic rings. The van der Waals surface area contributed by atoms with Crippen molar-refractivity contribution in [3.63, 3.8) is 0 Å². The molecule has 0 fully saturated rings. The number of nitrogens with one attached hydrogen (secondary N) is 1. The molecular formula is C11H11BrClN3O. The Labute approximate surface area is 112 Å². The van der Waals surface area contributed by atoms with Crippen molar-refractivity contribution in [2.24, 2.45) is 0 Å². The van der Waals surface area contributed by atoms with Crippen LogP contribution in [0.3, 0.4) is 0 Å². The summed E-state index contributed by atoms with van der Waals surface area (Å²) in [6.45, 7) is 1.55. The Kier molecular flexibility index (Phi) is 4.53. The molecule has 0 unspecified atom stereocenters. The Hall–Kier alpha value is -0.910. The third-order valence-corrected chi connectivity index (χ3v) is 3.47. The molecule has 6 heteroatoms. The number of rotatable bonds is 5. The maximum absolute atomic E-state index is 6.00. The van der Waals surface area contributed by atoms with Gasteiger partial charge >= 0.3 is 0 Å². The van der Waals surface area contributed by atoms with Gasteiger partial charge < -0.3 is 9.84 Å².